The van der Waals surface area contributed by atoms with Gasteiger partial charge in [-0.3, -0.25) is 0 Å². The summed E-state index contributed by atoms with van der Waals surface area (Å²) in [6.45, 7) is 5.31. The average molecular weight is 416 g/mol. The maximum Gasteiger partial charge on any atom is 0.412 e. The Balaban J connectivity index is 1.37. The number of ether oxygens (including phenoxy) is 2. The van der Waals surface area contributed by atoms with Gasteiger partial charge < -0.3 is 9.47 Å². The molecule has 29 heavy (non-hydrogen) atoms. The van der Waals surface area contributed by atoms with E-state index in [0.717, 1.165) is 0 Å². The number of allylic oxidation sites excluding steroid dienone is 4. The third-order valence-electron chi connectivity index (χ3n) is 6.77. The van der Waals surface area contributed by atoms with Gasteiger partial charge in [-0.05, 0) is 75.2 Å². The van der Waals surface area contributed by atoms with Crippen molar-refractivity contribution in [2.45, 2.75) is 63.8 Å². The fraction of sp³-hybridized carbons (Fsp3) is 0.739. The lowest BCUT2D eigenvalue weighted by Gasteiger charge is -2.36. The summed E-state index contributed by atoms with van der Waals surface area (Å²) in [5, 5.41) is 0. The van der Waals surface area contributed by atoms with Gasteiger partial charge in [0.05, 0.1) is 19.3 Å². The maximum absolute atomic E-state index is 13.7. The molecule has 1 heterocycles. The highest BCUT2D eigenvalue weighted by molar-refractivity contribution is 5.04. The Labute approximate surface area is 171 Å². The minimum absolute atomic E-state index is 0.197. The number of hydrogen-bond donors (Lipinski definition) is 0. The van der Waals surface area contributed by atoms with Crippen LogP contribution in [0.25, 0.3) is 0 Å². The second kappa shape index (κ2) is 10.3. The Morgan fingerprint density at radius 1 is 0.793 bits per heavy atom. The van der Waals surface area contributed by atoms with Crippen LogP contribution in [-0.4, -0.2) is 25.7 Å². The molecule has 3 aliphatic rings. The molecule has 0 aromatic carbocycles. The van der Waals surface area contributed by atoms with Crippen molar-refractivity contribution in [1.82, 2.24) is 0 Å². The highest BCUT2D eigenvalue weighted by Gasteiger charge is 2.32. The molecule has 0 amide bonds. The van der Waals surface area contributed by atoms with Crippen molar-refractivity contribution in [2.24, 2.45) is 29.6 Å². The van der Waals surface area contributed by atoms with Gasteiger partial charge in [-0.25, -0.2) is 4.39 Å². The van der Waals surface area contributed by atoms with Crippen LogP contribution < -0.4 is 0 Å². The average Bonchev–Trinajstić information content (AvgIpc) is 2.72. The zero-order valence-corrected chi connectivity index (χ0v) is 16.9. The minimum atomic E-state index is -4.58. The molecular formula is C23H32F4O2. The molecule has 164 valence electrons. The van der Waals surface area contributed by atoms with Crippen LogP contribution in [0.1, 0.15) is 51.4 Å². The van der Waals surface area contributed by atoms with Crippen LogP contribution in [0.3, 0.4) is 0 Å². The predicted molar refractivity (Wildman–Crippen MR) is 105 cm³/mol. The lowest BCUT2D eigenvalue weighted by Crippen LogP contribution is -2.36. The Morgan fingerprint density at radius 2 is 1.38 bits per heavy atom. The SMILES string of the molecule is C=CC1CCC(C2COC(/C=C/C3CCC(/C(F)=C/C(F)(F)F)CC3)OC2)CC1. The Hall–Kier alpha value is -1.14. The van der Waals surface area contributed by atoms with Crippen LogP contribution in [0.15, 0.2) is 36.7 Å². The number of rotatable bonds is 5. The summed E-state index contributed by atoms with van der Waals surface area (Å²) in [5.41, 5.74) is 0. The minimum Gasteiger partial charge on any atom is -0.349 e. The smallest absolute Gasteiger partial charge is 0.349 e. The molecule has 3 rings (SSSR count). The third-order valence-corrected chi connectivity index (χ3v) is 6.77. The van der Waals surface area contributed by atoms with Crippen LogP contribution in [0.5, 0.6) is 0 Å². The van der Waals surface area contributed by atoms with Crippen LogP contribution in [0.4, 0.5) is 17.6 Å². The largest absolute Gasteiger partial charge is 0.412 e. The van der Waals surface area contributed by atoms with E-state index in [4.69, 9.17) is 9.47 Å². The van der Waals surface area contributed by atoms with Crippen molar-refractivity contribution in [2.75, 3.05) is 13.2 Å². The zero-order chi connectivity index (χ0) is 20.9. The van der Waals surface area contributed by atoms with E-state index in [-0.39, 0.29) is 18.3 Å². The van der Waals surface area contributed by atoms with E-state index in [1.807, 2.05) is 12.2 Å². The number of hydrogen-bond acceptors (Lipinski definition) is 2. The quantitative estimate of drug-likeness (QED) is 0.365. The summed E-state index contributed by atoms with van der Waals surface area (Å²) in [5.74, 6) is 0.353. The second-order valence-electron chi connectivity index (χ2n) is 8.77. The molecule has 2 saturated carbocycles. The third kappa shape index (κ3) is 6.95. The Kier molecular flexibility index (Phi) is 7.97. The summed E-state index contributed by atoms with van der Waals surface area (Å²) in [4.78, 5) is 0. The summed E-state index contributed by atoms with van der Waals surface area (Å²) in [6.07, 6.45) is 7.94. The summed E-state index contributed by atoms with van der Waals surface area (Å²) < 4.78 is 62.3. The topological polar surface area (TPSA) is 18.5 Å². The molecule has 0 radical (unpaired) electrons. The van der Waals surface area contributed by atoms with Crippen LogP contribution in [0.2, 0.25) is 0 Å². The van der Waals surface area contributed by atoms with Gasteiger partial charge in [-0.2, -0.15) is 13.2 Å². The van der Waals surface area contributed by atoms with Crippen molar-refractivity contribution < 1.29 is 27.0 Å². The van der Waals surface area contributed by atoms with E-state index in [9.17, 15) is 17.6 Å². The van der Waals surface area contributed by atoms with E-state index in [1.54, 1.807) is 0 Å². The number of alkyl halides is 3. The standard InChI is InChI=1S/C23H32F4O2/c1-2-16-3-8-18(9-4-16)20-14-28-22(29-15-20)12-7-17-5-10-19(11-6-17)21(24)13-23(25,26)27/h2,7,12-13,16-20,22H,1,3-6,8-11,14-15H2/b12-7+,21-13-. The molecule has 2 nitrogen and oxygen atoms in total. The molecule has 0 N–H and O–H groups in total. The summed E-state index contributed by atoms with van der Waals surface area (Å²) >= 11 is 0. The van der Waals surface area contributed by atoms with E-state index in [0.29, 0.717) is 56.7 Å². The van der Waals surface area contributed by atoms with Crippen molar-refractivity contribution in [3.63, 3.8) is 0 Å². The molecule has 0 atom stereocenters. The van der Waals surface area contributed by atoms with Crippen LogP contribution >= 0.6 is 0 Å². The fourth-order valence-corrected chi connectivity index (χ4v) is 4.88. The maximum atomic E-state index is 13.7. The van der Waals surface area contributed by atoms with Crippen molar-refractivity contribution in [3.8, 4) is 0 Å². The molecule has 0 spiro atoms. The lowest BCUT2D eigenvalue weighted by molar-refractivity contribution is -0.185. The lowest BCUT2D eigenvalue weighted by atomic mass is 9.76. The first-order chi connectivity index (χ1) is 13.8. The molecule has 0 unspecified atom stereocenters. The van der Waals surface area contributed by atoms with Crippen molar-refractivity contribution in [3.05, 3.63) is 36.7 Å². The number of halogens is 4. The van der Waals surface area contributed by atoms with Gasteiger partial charge in [0.2, 0.25) is 0 Å². The highest BCUT2D eigenvalue weighted by atomic mass is 19.4. The second-order valence-corrected chi connectivity index (χ2v) is 8.77. The fourth-order valence-electron chi connectivity index (χ4n) is 4.88. The van der Waals surface area contributed by atoms with Gasteiger partial charge in [0.25, 0.3) is 0 Å². The zero-order valence-electron chi connectivity index (χ0n) is 16.9. The molecule has 2 aliphatic carbocycles. The Morgan fingerprint density at radius 3 is 1.93 bits per heavy atom. The van der Waals surface area contributed by atoms with Gasteiger partial charge in [0.15, 0.2) is 6.29 Å². The molecule has 0 aromatic heterocycles. The molecule has 0 bridgehead atoms. The molecule has 6 heteroatoms. The van der Waals surface area contributed by atoms with E-state index in [2.05, 4.69) is 12.7 Å². The first-order valence-corrected chi connectivity index (χ1v) is 10.8. The summed E-state index contributed by atoms with van der Waals surface area (Å²) in [6, 6.07) is 0. The Bertz CT molecular complexity index is 574. The molecule has 1 aliphatic heterocycles. The highest BCUT2D eigenvalue weighted by Crippen LogP contribution is 2.37. The van der Waals surface area contributed by atoms with Gasteiger partial charge >= 0.3 is 6.18 Å². The first-order valence-electron chi connectivity index (χ1n) is 10.8. The van der Waals surface area contributed by atoms with Gasteiger partial charge in [0, 0.05) is 11.8 Å². The van der Waals surface area contributed by atoms with Gasteiger partial charge in [0.1, 0.15) is 5.83 Å². The van der Waals surface area contributed by atoms with Crippen LogP contribution in [0, 0.1) is 29.6 Å². The molecule has 0 aromatic rings. The van der Waals surface area contributed by atoms with E-state index in [1.165, 1.54) is 25.7 Å². The molecule has 3 fully saturated rings. The first kappa shape index (κ1) is 22.5. The van der Waals surface area contributed by atoms with E-state index >= 15 is 0 Å². The monoisotopic (exact) mass is 416 g/mol. The predicted octanol–water partition coefficient (Wildman–Crippen LogP) is 6.75. The normalized spacial score (nSPS) is 37.6. The van der Waals surface area contributed by atoms with Gasteiger partial charge in [-0.1, -0.05) is 12.2 Å². The molecular weight excluding hydrogens is 384 g/mol. The molecule has 1 saturated heterocycles. The van der Waals surface area contributed by atoms with Crippen molar-refractivity contribution >= 4 is 0 Å². The summed E-state index contributed by atoms with van der Waals surface area (Å²) in [7, 11) is 0. The van der Waals surface area contributed by atoms with Crippen molar-refractivity contribution in [1.29, 1.82) is 0 Å². The van der Waals surface area contributed by atoms with E-state index < -0.39 is 17.9 Å². The van der Waals surface area contributed by atoms with Gasteiger partial charge in [-0.15, -0.1) is 6.58 Å². The van der Waals surface area contributed by atoms with Crippen LogP contribution in [-0.2, 0) is 9.47 Å².